The molecule has 0 aromatic carbocycles. The largest absolute Gasteiger partial charge is 0.357 e. The summed E-state index contributed by atoms with van der Waals surface area (Å²) < 4.78 is 2.33. The van der Waals surface area contributed by atoms with Crippen LogP contribution in [0.25, 0.3) is 5.65 Å². The lowest BCUT2D eigenvalue weighted by molar-refractivity contribution is 0.0922. The molecule has 7 heteroatoms. The number of thioether (sulfide) groups is 1. The third kappa shape index (κ3) is 2.43. The Labute approximate surface area is 113 Å². The predicted molar refractivity (Wildman–Crippen MR) is 73.8 cm³/mol. The molecule has 1 aliphatic heterocycles. The molecule has 3 rings (SSSR count). The number of pyridine rings is 1. The molecule has 0 aliphatic carbocycles. The van der Waals surface area contributed by atoms with Crippen molar-refractivity contribution < 1.29 is 4.79 Å². The third-order valence-electron chi connectivity index (χ3n) is 3.11. The second-order valence-corrected chi connectivity index (χ2v) is 5.59. The highest BCUT2D eigenvalue weighted by molar-refractivity contribution is 7.99. The molecule has 6 nitrogen and oxygen atoms in total. The maximum absolute atomic E-state index is 12.0. The summed E-state index contributed by atoms with van der Waals surface area (Å²) in [6.07, 6.45) is 1.61. The van der Waals surface area contributed by atoms with Gasteiger partial charge in [-0.3, -0.25) is 4.79 Å². The number of hydrogen-bond acceptors (Lipinski definition) is 5. The lowest BCUT2D eigenvalue weighted by atomic mass is 10.1. The summed E-state index contributed by atoms with van der Waals surface area (Å²) in [7, 11) is 0. The van der Waals surface area contributed by atoms with Gasteiger partial charge in [0.25, 0.3) is 5.91 Å². The van der Waals surface area contributed by atoms with Gasteiger partial charge < -0.3 is 5.32 Å². The fourth-order valence-corrected chi connectivity index (χ4v) is 2.91. The Kier molecular flexibility index (Phi) is 3.39. The average Bonchev–Trinajstić information content (AvgIpc) is 2.70. The molecule has 0 amide bonds. The lowest BCUT2D eigenvalue weighted by Gasteiger charge is -2.26. The van der Waals surface area contributed by atoms with Gasteiger partial charge in [0.2, 0.25) is 0 Å². The molecule has 3 heterocycles. The number of carbonyl (C=O) groups is 1. The van der Waals surface area contributed by atoms with Crippen LogP contribution in [0, 0.1) is 5.92 Å². The number of rotatable bonds is 4. The molecule has 0 spiro atoms. The van der Waals surface area contributed by atoms with Crippen molar-refractivity contribution in [1.29, 1.82) is 0 Å². The van der Waals surface area contributed by atoms with Gasteiger partial charge in [0, 0.05) is 6.20 Å². The standard InChI is InChI=1S/C12H14N4O2S/c17-11(8-19-7-9-5-13-6-9)16-12(18)15-4-2-1-3-10(15)14-16/h1-4,9,13H,5-8H2. The first-order valence-electron chi connectivity index (χ1n) is 6.14. The van der Waals surface area contributed by atoms with Gasteiger partial charge >= 0.3 is 5.69 Å². The Balaban J connectivity index is 1.70. The summed E-state index contributed by atoms with van der Waals surface area (Å²) in [4.78, 5) is 23.9. The number of nitrogens with zero attached hydrogens (tertiary/aromatic N) is 3. The Hall–Kier alpha value is -1.60. The van der Waals surface area contributed by atoms with Crippen molar-refractivity contribution in [3.8, 4) is 0 Å². The third-order valence-corrected chi connectivity index (χ3v) is 4.27. The molecule has 0 atom stereocenters. The van der Waals surface area contributed by atoms with E-state index in [1.54, 1.807) is 36.2 Å². The van der Waals surface area contributed by atoms with E-state index in [0.29, 0.717) is 17.3 Å². The van der Waals surface area contributed by atoms with Crippen molar-refractivity contribution in [1.82, 2.24) is 19.5 Å². The zero-order valence-corrected chi connectivity index (χ0v) is 11.1. The number of fused-ring (bicyclic) bond motifs is 1. The van der Waals surface area contributed by atoms with Crippen LogP contribution in [0.4, 0.5) is 0 Å². The number of hydrogen-bond donors (Lipinski definition) is 1. The molecular weight excluding hydrogens is 264 g/mol. The Morgan fingerprint density at radius 3 is 3.00 bits per heavy atom. The van der Waals surface area contributed by atoms with Gasteiger partial charge in [-0.05, 0) is 36.9 Å². The van der Waals surface area contributed by atoms with E-state index in [2.05, 4.69) is 10.4 Å². The molecule has 0 saturated carbocycles. The summed E-state index contributed by atoms with van der Waals surface area (Å²) in [5, 5.41) is 7.22. The van der Waals surface area contributed by atoms with Crippen LogP contribution in [0.15, 0.2) is 29.2 Å². The van der Waals surface area contributed by atoms with E-state index in [4.69, 9.17) is 0 Å². The quantitative estimate of drug-likeness (QED) is 0.858. The van der Waals surface area contributed by atoms with Gasteiger partial charge in [0.15, 0.2) is 5.65 Å². The highest BCUT2D eigenvalue weighted by atomic mass is 32.2. The van der Waals surface area contributed by atoms with Crippen molar-refractivity contribution >= 4 is 23.3 Å². The van der Waals surface area contributed by atoms with Crippen LogP contribution in [0.1, 0.15) is 4.79 Å². The number of nitrogens with one attached hydrogen (secondary N) is 1. The first-order chi connectivity index (χ1) is 9.25. The molecule has 0 bridgehead atoms. The second-order valence-electron chi connectivity index (χ2n) is 4.56. The van der Waals surface area contributed by atoms with Gasteiger partial charge in [0.05, 0.1) is 5.75 Å². The highest BCUT2D eigenvalue weighted by Crippen LogP contribution is 2.12. The van der Waals surface area contributed by atoms with Gasteiger partial charge in [-0.15, -0.1) is 9.78 Å². The van der Waals surface area contributed by atoms with Crippen LogP contribution in [0.5, 0.6) is 0 Å². The molecule has 19 heavy (non-hydrogen) atoms. The SMILES string of the molecule is O=C(CSCC1CNC1)n1nc2ccccn2c1=O. The summed E-state index contributed by atoms with van der Waals surface area (Å²) in [6.45, 7) is 2.05. The summed E-state index contributed by atoms with van der Waals surface area (Å²) in [5.41, 5.74) is 0.0977. The van der Waals surface area contributed by atoms with Crippen LogP contribution < -0.4 is 11.0 Å². The summed E-state index contributed by atoms with van der Waals surface area (Å²) in [5.74, 6) is 1.63. The maximum atomic E-state index is 12.0. The van der Waals surface area contributed by atoms with Crippen LogP contribution in [-0.4, -0.2) is 44.7 Å². The normalized spacial score (nSPS) is 15.6. The van der Waals surface area contributed by atoms with Crippen LogP contribution in [-0.2, 0) is 0 Å². The molecule has 2 aromatic heterocycles. The fraction of sp³-hybridized carbons (Fsp3) is 0.417. The van der Waals surface area contributed by atoms with E-state index in [1.165, 1.54) is 4.40 Å². The molecule has 0 unspecified atom stereocenters. The van der Waals surface area contributed by atoms with E-state index < -0.39 is 5.69 Å². The van der Waals surface area contributed by atoms with Crippen LogP contribution >= 0.6 is 11.8 Å². The lowest BCUT2D eigenvalue weighted by Crippen LogP contribution is -2.43. The Bertz CT molecular complexity index is 659. The van der Waals surface area contributed by atoms with Crippen molar-refractivity contribution in [2.75, 3.05) is 24.6 Å². The topological polar surface area (TPSA) is 68.4 Å². The maximum Gasteiger partial charge on any atom is 0.357 e. The van der Waals surface area contributed by atoms with Crippen molar-refractivity contribution in [2.24, 2.45) is 5.92 Å². The summed E-state index contributed by atoms with van der Waals surface area (Å²) >= 11 is 1.56. The Morgan fingerprint density at radius 2 is 2.32 bits per heavy atom. The minimum absolute atomic E-state index is 0.258. The van der Waals surface area contributed by atoms with Gasteiger partial charge in [-0.25, -0.2) is 9.20 Å². The number of aromatic nitrogens is 3. The van der Waals surface area contributed by atoms with Crippen LogP contribution in [0.2, 0.25) is 0 Å². The predicted octanol–water partition coefficient (Wildman–Crippen LogP) is 0.0888. The van der Waals surface area contributed by atoms with Crippen LogP contribution in [0.3, 0.4) is 0 Å². The van der Waals surface area contributed by atoms with Gasteiger partial charge in [-0.2, -0.15) is 11.8 Å². The first kappa shape index (κ1) is 12.4. The van der Waals surface area contributed by atoms with E-state index in [0.717, 1.165) is 23.5 Å². The minimum atomic E-state index is -0.397. The van der Waals surface area contributed by atoms with Gasteiger partial charge in [0.1, 0.15) is 0 Å². The second kappa shape index (κ2) is 5.18. The number of carbonyl (C=O) groups excluding carboxylic acids is 1. The zero-order chi connectivity index (χ0) is 13.2. The Morgan fingerprint density at radius 1 is 1.47 bits per heavy atom. The van der Waals surface area contributed by atoms with E-state index >= 15 is 0 Å². The van der Waals surface area contributed by atoms with Crippen molar-refractivity contribution in [2.45, 2.75) is 0 Å². The monoisotopic (exact) mass is 278 g/mol. The smallest absolute Gasteiger partial charge is 0.316 e. The molecule has 0 radical (unpaired) electrons. The minimum Gasteiger partial charge on any atom is -0.316 e. The molecule has 1 N–H and O–H groups in total. The molecule has 1 aliphatic rings. The highest BCUT2D eigenvalue weighted by Gasteiger charge is 2.18. The van der Waals surface area contributed by atoms with Crippen molar-refractivity contribution in [3.05, 3.63) is 34.9 Å². The molecule has 2 aromatic rings. The average molecular weight is 278 g/mol. The molecular formula is C12H14N4O2S. The first-order valence-corrected chi connectivity index (χ1v) is 7.29. The van der Waals surface area contributed by atoms with Crippen molar-refractivity contribution in [3.63, 3.8) is 0 Å². The fourth-order valence-electron chi connectivity index (χ4n) is 1.93. The van der Waals surface area contributed by atoms with Gasteiger partial charge in [-0.1, -0.05) is 6.07 Å². The van der Waals surface area contributed by atoms with E-state index in [-0.39, 0.29) is 5.91 Å². The molecule has 1 fully saturated rings. The molecule has 100 valence electrons. The van der Waals surface area contributed by atoms with E-state index in [9.17, 15) is 9.59 Å². The van der Waals surface area contributed by atoms with E-state index in [1.807, 2.05) is 0 Å². The zero-order valence-electron chi connectivity index (χ0n) is 10.3. The summed E-state index contributed by atoms with van der Waals surface area (Å²) in [6, 6.07) is 5.23. The molecule has 1 saturated heterocycles.